The number of benzene rings is 1. The van der Waals surface area contributed by atoms with Crippen LogP contribution in [0.15, 0.2) is 24.3 Å². The van der Waals surface area contributed by atoms with E-state index in [4.69, 9.17) is 4.74 Å². The first-order valence-electron chi connectivity index (χ1n) is 8.94. The molecule has 1 N–H and O–H groups in total. The van der Waals surface area contributed by atoms with Crippen LogP contribution in [-0.2, 0) is 14.3 Å². The first kappa shape index (κ1) is 19.8. The number of alkyl carbamates (subject to hydrolysis) is 1. The Bertz CT molecular complexity index is 883. The van der Waals surface area contributed by atoms with Crippen molar-refractivity contribution >= 4 is 12.0 Å². The molecule has 1 aromatic heterocycles. The lowest BCUT2D eigenvalue weighted by Crippen LogP contribution is -2.47. The van der Waals surface area contributed by atoms with E-state index in [2.05, 4.69) is 15.2 Å². The van der Waals surface area contributed by atoms with Gasteiger partial charge in [0.2, 0.25) is 5.91 Å². The van der Waals surface area contributed by atoms with Crippen LogP contribution in [-0.4, -0.2) is 60.1 Å². The SMILES string of the molecule is COC(=O)NCC(=O)N1CCOCC1c1c(C)nn(-c2ccccc2F)c1C. The zero-order chi connectivity index (χ0) is 20.3. The van der Waals surface area contributed by atoms with Crippen LogP contribution in [0.4, 0.5) is 9.18 Å². The van der Waals surface area contributed by atoms with E-state index in [0.717, 1.165) is 11.3 Å². The molecule has 150 valence electrons. The van der Waals surface area contributed by atoms with Gasteiger partial charge in [0.25, 0.3) is 0 Å². The van der Waals surface area contributed by atoms with Gasteiger partial charge in [-0.3, -0.25) is 4.79 Å². The number of carbonyl (C=O) groups excluding carboxylic acids is 2. The lowest BCUT2D eigenvalue weighted by atomic mass is 10.0. The fourth-order valence-electron chi connectivity index (χ4n) is 3.46. The molecule has 0 spiro atoms. The fraction of sp³-hybridized carbons (Fsp3) is 0.421. The molecule has 1 aromatic carbocycles. The maximum atomic E-state index is 14.3. The van der Waals surface area contributed by atoms with Crippen LogP contribution in [0.25, 0.3) is 5.69 Å². The number of ether oxygens (including phenoxy) is 2. The predicted octanol–water partition coefficient (Wildman–Crippen LogP) is 1.88. The van der Waals surface area contributed by atoms with E-state index in [0.29, 0.717) is 31.1 Å². The van der Waals surface area contributed by atoms with Crippen molar-refractivity contribution < 1.29 is 23.5 Å². The second-order valence-electron chi connectivity index (χ2n) is 6.47. The van der Waals surface area contributed by atoms with Crippen molar-refractivity contribution in [3.05, 3.63) is 47.0 Å². The summed E-state index contributed by atoms with van der Waals surface area (Å²) in [6.45, 7) is 4.57. The average Bonchev–Trinajstić information content (AvgIpc) is 3.00. The summed E-state index contributed by atoms with van der Waals surface area (Å²) in [6, 6.07) is 6.02. The van der Waals surface area contributed by atoms with Crippen LogP contribution in [0.3, 0.4) is 0 Å². The molecule has 0 radical (unpaired) electrons. The molecule has 9 heteroatoms. The van der Waals surface area contributed by atoms with Gasteiger partial charge >= 0.3 is 6.09 Å². The van der Waals surface area contributed by atoms with Gasteiger partial charge in [-0.05, 0) is 26.0 Å². The second kappa shape index (κ2) is 8.39. The Labute approximate surface area is 162 Å². The first-order chi connectivity index (χ1) is 13.4. The molecule has 0 bridgehead atoms. The maximum Gasteiger partial charge on any atom is 0.407 e. The predicted molar refractivity (Wildman–Crippen MR) is 98.7 cm³/mol. The monoisotopic (exact) mass is 390 g/mol. The van der Waals surface area contributed by atoms with Gasteiger partial charge < -0.3 is 19.7 Å². The van der Waals surface area contributed by atoms with E-state index < -0.39 is 6.09 Å². The van der Waals surface area contributed by atoms with E-state index >= 15 is 0 Å². The van der Waals surface area contributed by atoms with E-state index in [9.17, 15) is 14.0 Å². The summed E-state index contributed by atoms with van der Waals surface area (Å²) >= 11 is 0. The third kappa shape index (κ3) is 3.84. The minimum Gasteiger partial charge on any atom is -0.453 e. The van der Waals surface area contributed by atoms with Crippen molar-refractivity contribution in [2.45, 2.75) is 19.9 Å². The summed E-state index contributed by atoms with van der Waals surface area (Å²) in [5.74, 6) is -0.633. The Morgan fingerprint density at radius 2 is 2.11 bits per heavy atom. The van der Waals surface area contributed by atoms with Crippen LogP contribution in [0.1, 0.15) is 23.0 Å². The minimum absolute atomic E-state index is 0.178. The summed E-state index contributed by atoms with van der Waals surface area (Å²) in [4.78, 5) is 25.6. The molecule has 0 saturated carbocycles. The fourth-order valence-corrected chi connectivity index (χ4v) is 3.46. The Kier molecular flexibility index (Phi) is 5.93. The lowest BCUT2D eigenvalue weighted by molar-refractivity contribution is -0.139. The van der Waals surface area contributed by atoms with Gasteiger partial charge in [0.1, 0.15) is 18.0 Å². The van der Waals surface area contributed by atoms with Crippen molar-refractivity contribution in [3.8, 4) is 5.69 Å². The molecule has 2 heterocycles. The number of morpholine rings is 1. The van der Waals surface area contributed by atoms with Crippen LogP contribution >= 0.6 is 0 Å². The zero-order valence-corrected chi connectivity index (χ0v) is 16.1. The van der Waals surface area contributed by atoms with Gasteiger partial charge in [0.15, 0.2) is 0 Å². The quantitative estimate of drug-likeness (QED) is 0.862. The summed E-state index contributed by atoms with van der Waals surface area (Å²) in [7, 11) is 1.24. The van der Waals surface area contributed by atoms with Crippen molar-refractivity contribution in [2.24, 2.45) is 0 Å². The molecule has 8 nitrogen and oxygen atoms in total. The highest BCUT2D eigenvalue weighted by atomic mass is 19.1. The number of hydrogen-bond donors (Lipinski definition) is 1. The number of methoxy groups -OCH3 is 1. The summed E-state index contributed by atoms with van der Waals surface area (Å²) in [5, 5.41) is 6.90. The van der Waals surface area contributed by atoms with E-state index in [1.54, 1.807) is 27.8 Å². The Hall–Kier alpha value is -2.94. The molecule has 3 rings (SSSR count). The van der Waals surface area contributed by atoms with Gasteiger partial charge in [-0.2, -0.15) is 5.10 Å². The molecule has 1 saturated heterocycles. The van der Waals surface area contributed by atoms with E-state index in [-0.39, 0.29) is 24.3 Å². The van der Waals surface area contributed by atoms with Crippen molar-refractivity contribution in [3.63, 3.8) is 0 Å². The normalized spacial score (nSPS) is 16.7. The second-order valence-corrected chi connectivity index (χ2v) is 6.47. The number of para-hydroxylation sites is 1. The summed E-state index contributed by atoms with van der Waals surface area (Å²) in [6.07, 6.45) is -0.669. The Balaban J connectivity index is 1.91. The molecule has 1 aliphatic heterocycles. The number of hydrogen-bond acceptors (Lipinski definition) is 5. The van der Waals surface area contributed by atoms with Crippen molar-refractivity contribution in [2.75, 3.05) is 33.4 Å². The highest BCUT2D eigenvalue weighted by Crippen LogP contribution is 2.31. The number of carbonyl (C=O) groups is 2. The zero-order valence-electron chi connectivity index (χ0n) is 16.1. The Morgan fingerprint density at radius 3 is 2.82 bits per heavy atom. The largest absolute Gasteiger partial charge is 0.453 e. The maximum absolute atomic E-state index is 14.3. The van der Waals surface area contributed by atoms with Gasteiger partial charge in [0, 0.05) is 17.8 Å². The number of nitrogens with one attached hydrogen (secondary N) is 1. The van der Waals surface area contributed by atoms with Crippen LogP contribution in [0, 0.1) is 19.7 Å². The van der Waals surface area contributed by atoms with E-state index in [1.807, 2.05) is 13.8 Å². The Morgan fingerprint density at radius 1 is 1.36 bits per heavy atom. The highest BCUT2D eigenvalue weighted by Gasteiger charge is 2.33. The molecule has 28 heavy (non-hydrogen) atoms. The molecule has 1 aliphatic rings. The number of nitrogens with zero attached hydrogens (tertiary/aromatic N) is 3. The highest BCUT2D eigenvalue weighted by molar-refractivity contribution is 5.82. The molecule has 2 aromatic rings. The molecule has 2 amide bonds. The third-order valence-electron chi connectivity index (χ3n) is 4.78. The number of aryl methyl sites for hydroxylation is 1. The smallest absolute Gasteiger partial charge is 0.407 e. The van der Waals surface area contributed by atoms with E-state index in [1.165, 1.54) is 13.2 Å². The topological polar surface area (TPSA) is 85.7 Å². The number of rotatable bonds is 4. The van der Waals surface area contributed by atoms with Crippen LogP contribution < -0.4 is 5.32 Å². The van der Waals surface area contributed by atoms with Gasteiger partial charge in [-0.15, -0.1) is 0 Å². The lowest BCUT2D eigenvalue weighted by Gasteiger charge is -2.36. The van der Waals surface area contributed by atoms with Gasteiger partial charge in [-0.1, -0.05) is 12.1 Å². The minimum atomic E-state index is -0.669. The molecular weight excluding hydrogens is 367 g/mol. The van der Waals surface area contributed by atoms with Crippen molar-refractivity contribution in [1.82, 2.24) is 20.0 Å². The molecule has 1 unspecified atom stereocenters. The average molecular weight is 390 g/mol. The number of halogens is 1. The van der Waals surface area contributed by atoms with Gasteiger partial charge in [0.05, 0.1) is 32.1 Å². The van der Waals surface area contributed by atoms with Crippen LogP contribution in [0.5, 0.6) is 0 Å². The standard InChI is InChI=1S/C19H23FN4O4/c1-12-18(13(2)24(22-12)15-7-5-4-6-14(15)20)16-11-28-9-8-23(16)17(25)10-21-19(26)27-3/h4-7,16H,8-11H2,1-3H3,(H,21,26). The molecule has 1 fully saturated rings. The number of aromatic nitrogens is 2. The summed E-state index contributed by atoms with van der Waals surface area (Å²) in [5.41, 5.74) is 2.58. The molecule has 1 atom stereocenters. The molecular formula is C19H23FN4O4. The van der Waals surface area contributed by atoms with Gasteiger partial charge in [-0.25, -0.2) is 13.9 Å². The third-order valence-corrected chi connectivity index (χ3v) is 4.78. The van der Waals surface area contributed by atoms with Crippen molar-refractivity contribution in [1.29, 1.82) is 0 Å². The van der Waals surface area contributed by atoms with Crippen LogP contribution in [0.2, 0.25) is 0 Å². The number of amides is 2. The first-order valence-corrected chi connectivity index (χ1v) is 8.94. The summed E-state index contributed by atoms with van der Waals surface area (Å²) < 4.78 is 25.9. The molecule has 0 aliphatic carbocycles.